The van der Waals surface area contributed by atoms with Crippen LogP contribution in [0, 0.1) is 21.4 Å². The van der Waals surface area contributed by atoms with Gasteiger partial charge in [0, 0.05) is 18.3 Å². The van der Waals surface area contributed by atoms with Crippen LogP contribution >= 0.6 is 0 Å². The fourth-order valence-electron chi connectivity index (χ4n) is 1.47. The monoisotopic (exact) mass is 286 g/mol. The van der Waals surface area contributed by atoms with Crippen molar-refractivity contribution in [2.75, 3.05) is 0 Å². The highest BCUT2D eigenvalue weighted by molar-refractivity contribution is 5.90. The number of carbonyl (C=O) groups is 1. The predicted octanol–water partition coefficient (Wildman–Crippen LogP) is 1.75. The minimum Gasteiger partial charge on any atom is -0.478 e. The van der Waals surface area contributed by atoms with E-state index in [9.17, 15) is 14.9 Å². The van der Waals surface area contributed by atoms with Crippen LogP contribution in [0.4, 0.5) is 5.69 Å². The van der Waals surface area contributed by atoms with Crippen LogP contribution in [-0.2, 0) is 0 Å². The molecule has 0 aliphatic rings. The van der Waals surface area contributed by atoms with Crippen molar-refractivity contribution >= 4 is 11.7 Å². The van der Waals surface area contributed by atoms with E-state index in [-0.39, 0.29) is 17.2 Å². The molecule has 0 radical (unpaired) electrons. The van der Waals surface area contributed by atoms with Crippen molar-refractivity contribution < 1.29 is 19.6 Å². The maximum Gasteiger partial charge on any atom is 0.339 e. The molecular weight excluding hydrogens is 280 g/mol. The summed E-state index contributed by atoms with van der Waals surface area (Å²) in [5.74, 6) is -1.46. The molecule has 0 aliphatic heterocycles. The zero-order valence-corrected chi connectivity index (χ0v) is 10.3. The summed E-state index contributed by atoms with van der Waals surface area (Å²) in [5, 5.41) is 28.5. The second-order valence-corrected chi connectivity index (χ2v) is 3.67. The van der Waals surface area contributed by atoms with Crippen molar-refractivity contribution in [1.29, 1.82) is 5.26 Å². The molecule has 2 aromatic heterocycles. The highest BCUT2D eigenvalue weighted by Crippen LogP contribution is 2.25. The number of rotatable bonds is 4. The Morgan fingerprint density at radius 3 is 2.81 bits per heavy atom. The number of carboxylic acid groups (broad SMARTS) is 1. The van der Waals surface area contributed by atoms with E-state index < -0.39 is 22.3 Å². The summed E-state index contributed by atoms with van der Waals surface area (Å²) in [5.41, 5.74) is -1.04. The number of nitrogens with zero attached hydrogens (tertiary/aromatic N) is 4. The van der Waals surface area contributed by atoms with Crippen LogP contribution in [0.15, 0.2) is 30.6 Å². The molecule has 21 heavy (non-hydrogen) atoms. The molecule has 0 amide bonds. The lowest BCUT2D eigenvalue weighted by molar-refractivity contribution is -0.385. The minimum atomic E-state index is -1.23. The van der Waals surface area contributed by atoms with Gasteiger partial charge in [0.05, 0.1) is 11.1 Å². The van der Waals surface area contributed by atoms with E-state index in [0.717, 1.165) is 12.1 Å². The molecule has 0 atom stereocenters. The molecule has 0 aromatic carbocycles. The Morgan fingerprint density at radius 2 is 2.19 bits per heavy atom. The molecular formula is C12H6N4O5. The average molecular weight is 286 g/mol. The average Bonchev–Trinajstić information content (AvgIpc) is 2.47. The smallest absolute Gasteiger partial charge is 0.339 e. The van der Waals surface area contributed by atoms with Crippen LogP contribution in [0.5, 0.6) is 11.6 Å². The molecule has 9 nitrogen and oxygen atoms in total. The Kier molecular flexibility index (Phi) is 3.71. The maximum atomic E-state index is 11.0. The third-order valence-electron chi connectivity index (χ3n) is 2.38. The van der Waals surface area contributed by atoms with Crippen molar-refractivity contribution in [3.63, 3.8) is 0 Å². The predicted molar refractivity (Wildman–Crippen MR) is 66.9 cm³/mol. The topological polar surface area (TPSA) is 139 Å². The first kappa shape index (κ1) is 13.9. The Labute approximate surface area is 117 Å². The van der Waals surface area contributed by atoms with Crippen molar-refractivity contribution in [2.24, 2.45) is 0 Å². The summed E-state index contributed by atoms with van der Waals surface area (Å²) in [6.07, 6.45) is 2.44. The summed E-state index contributed by atoms with van der Waals surface area (Å²) in [6, 6.07) is 5.02. The van der Waals surface area contributed by atoms with Crippen LogP contribution in [0.25, 0.3) is 0 Å². The second-order valence-electron chi connectivity index (χ2n) is 3.67. The number of nitro groups is 1. The summed E-state index contributed by atoms with van der Waals surface area (Å²) in [4.78, 5) is 28.3. The first-order valence-corrected chi connectivity index (χ1v) is 5.43. The van der Waals surface area contributed by atoms with Crippen LogP contribution in [0.1, 0.15) is 16.1 Å². The Balaban J connectivity index is 2.40. The molecule has 2 aromatic rings. The van der Waals surface area contributed by atoms with Crippen LogP contribution in [0.3, 0.4) is 0 Å². The van der Waals surface area contributed by atoms with Gasteiger partial charge in [-0.25, -0.2) is 4.79 Å². The fraction of sp³-hybridized carbons (Fsp3) is 0. The van der Waals surface area contributed by atoms with E-state index in [2.05, 4.69) is 9.97 Å². The van der Waals surface area contributed by atoms with E-state index in [1.165, 1.54) is 18.5 Å². The third kappa shape index (κ3) is 2.90. The Hall–Kier alpha value is -3.54. The van der Waals surface area contributed by atoms with Crippen molar-refractivity contribution in [3.8, 4) is 17.7 Å². The largest absolute Gasteiger partial charge is 0.478 e. The number of aromatic nitrogens is 2. The number of hydrogen-bond donors (Lipinski definition) is 1. The lowest BCUT2D eigenvalue weighted by Crippen LogP contribution is -2.02. The Bertz CT molecular complexity index is 768. The van der Waals surface area contributed by atoms with Crippen LogP contribution in [-0.4, -0.2) is 26.0 Å². The van der Waals surface area contributed by atoms with Gasteiger partial charge < -0.3 is 9.84 Å². The van der Waals surface area contributed by atoms with Crippen LogP contribution in [0.2, 0.25) is 0 Å². The second kappa shape index (κ2) is 5.62. The lowest BCUT2D eigenvalue weighted by Gasteiger charge is -2.07. The number of pyridine rings is 2. The third-order valence-corrected chi connectivity index (χ3v) is 2.38. The molecule has 0 bridgehead atoms. The fourth-order valence-corrected chi connectivity index (χ4v) is 1.47. The molecule has 2 rings (SSSR count). The standard InChI is InChI=1S/C12H6N4O5/c13-5-8-9(16(19)20)1-2-11(15-8)21-10-6-14-4-3-7(10)12(17)18/h1-4,6H,(H,17,18). The normalized spacial score (nSPS) is 9.67. The summed E-state index contributed by atoms with van der Waals surface area (Å²) in [6.45, 7) is 0. The highest BCUT2D eigenvalue weighted by Gasteiger charge is 2.18. The molecule has 0 saturated carbocycles. The molecule has 2 heterocycles. The SMILES string of the molecule is N#Cc1nc(Oc2cnccc2C(=O)O)ccc1[N+](=O)[O-]. The highest BCUT2D eigenvalue weighted by atomic mass is 16.6. The van der Waals surface area contributed by atoms with E-state index in [0.29, 0.717) is 0 Å². The van der Waals surface area contributed by atoms with Gasteiger partial charge in [-0.1, -0.05) is 0 Å². The van der Waals surface area contributed by atoms with Gasteiger partial charge in [-0.15, -0.1) is 0 Å². The lowest BCUT2D eigenvalue weighted by atomic mass is 10.2. The summed E-state index contributed by atoms with van der Waals surface area (Å²) >= 11 is 0. The van der Waals surface area contributed by atoms with Crippen molar-refractivity contribution in [1.82, 2.24) is 9.97 Å². The maximum absolute atomic E-state index is 11.0. The van der Waals surface area contributed by atoms with Gasteiger partial charge in [-0.2, -0.15) is 10.2 Å². The van der Waals surface area contributed by atoms with E-state index in [1.54, 1.807) is 6.07 Å². The summed E-state index contributed by atoms with van der Waals surface area (Å²) in [7, 11) is 0. The quantitative estimate of drug-likeness (QED) is 0.662. The number of nitriles is 1. The van der Waals surface area contributed by atoms with Gasteiger partial charge in [0.15, 0.2) is 5.75 Å². The minimum absolute atomic E-state index is 0.0877. The zero-order chi connectivity index (χ0) is 15.4. The van der Waals surface area contributed by atoms with Crippen LogP contribution < -0.4 is 4.74 Å². The van der Waals surface area contributed by atoms with E-state index in [4.69, 9.17) is 15.1 Å². The first-order chi connectivity index (χ1) is 10.0. The number of carboxylic acids is 1. The molecule has 0 fully saturated rings. The van der Waals surface area contributed by atoms with E-state index >= 15 is 0 Å². The summed E-state index contributed by atoms with van der Waals surface area (Å²) < 4.78 is 5.22. The molecule has 0 aliphatic carbocycles. The molecule has 104 valence electrons. The van der Waals surface area contributed by atoms with Crippen molar-refractivity contribution in [2.45, 2.75) is 0 Å². The first-order valence-electron chi connectivity index (χ1n) is 5.43. The number of ether oxygens (including phenoxy) is 1. The van der Waals surface area contributed by atoms with Gasteiger partial charge in [0.25, 0.3) is 0 Å². The van der Waals surface area contributed by atoms with Crippen molar-refractivity contribution in [3.05, 3.63) is 52.0 Å². The molecule has 0 unspecified atom stereocenters. The molecule has 9 heteroatoms. The zero-order valence-electron chi connectivity index (χ0n) is 10.3. The molecule has 0 spiro atoms. The van der Waals surface area contributed by atoms with Gasteiger partial charge >= 0.3 is 11.7 Å². The molecule has 1 N–H and O–H groups in total. The number of hydrogen-bond acceptors (Lipinski definition) is 7. The van der Waals surface area contributed by atoms with Gasteiger partial charge in [0.1, 0.15) is 11.6 Å². The molecule has 0 saturated heterocycles. The van der Waals surface area contributed by atoms with E-state index in [1.807, 2.05) is 0 Å². The Morgan fingerprint density at radius 1 is 1.43 bits per heavy atom. The van der Waals surface area contributed by atoms with Gasteiger partial charge in [-0.05, 0) is 6.07 Å². The number of aromatic carboxylic acids is 1. The van der Waals surface area contributed by atoms with Gasteiger partial charge in [0.2, 0.25) is 11.6 Å². The van der Waals surface area contributed by atoms with Gasteiger partial charge in [-0.3, -0.25) is 15.1 Å².